The van der Waals surface area contributed by atoms with Crippen LogP contribution in [-0.2, 0) is 5.75 Å². The lowest BCUT2D eigenvalue weighted by atomic mass is 10.1. The van der Waals surface area contributed by atoms with Crippen molar-refractivity contribution >= 4 is 17.5 Å². The van der Waals surface area contributed by atoms with Crippen LogP contribution in [0.1, 0.15) is 29.3 Å². The number of Topliss-reactive ketones (excluding diaryl/α,β-unsaturated/α-hetero) is 1. The van der Waals surface area contributed by atoms with Crippen molar-refractivity contribution in [3.8, 4) is 0 Å². The van der Waals surface area contributed by atoms with Crippen molar-refractivity contribution in [3.05, 3.63) is 71.8 Å². The van der Waals surface area contributed by atoms with E-state index in [0.717, 1.165) is 11.3 Å². The largest absolute Gasteiger partial charge is 0.294 e. The summed E-state index contributed by atoms with van der Waals surface area (Å²) in [6, 6.07) is 19.9. The van der Waals surface area contributed by atoms with Gasteiger partial charge in [-0.1, -0.05) is 67.6 Å². The van der Waals surface area contributed by atoms with Crippen LogP contribution in [0.5, 0.6) is 0 Å². The maximum absolute atomic E-state index is 12.1. The van der Waals surface area contributed by atoms with Crippen LogP contribution in [0.15, 0.2) is 60.7 Å². The van der Waals surface area contributed by atoms with E-state index >= 15 is 0 Å². The first-order chi connectivity index (χ1) is 9.25. The van der Waals surface area contributed by atoms with Crippen molar-refractivity contribution in [1.82, 2.24) is 0 Å². The highest BCUT2D eigenvalue weighted by Gasteiger charge is 2.11. The number of carbonyl (C=O) groups is 1. The molecule has 0 bridgehead atoms. The van der Waals surface area contributed by atoms with Crippen molar-refractivity contribution in [2.75, 3.05) is 0 Å². The Morgan fingerprint density at radius 3 is 2.21 bits per heavy atom. The summed E-state index contributed by atoms with van der Waals surface area (Å²) >= 11 is 1.83. The Labute approximate surface area is 119 Å². The Morgan fingerprint density at radius 1 is 1.00 bits per heavy atom. The minimum Gasteiger partial charge on any atom is -0.294 e. The second-order valence-electron chi connectivity index (χ2n) is 4.60. The molecule has 0 aliphatic heterocycles. The highest BCUT2D eigenvalue weighted by Crippen LogP contribution is 2.21. The summed E-state index contributed by atoms with van der Waals surface area (Å²) in [5.74, 6) is 1.19. The predicted molar refractivity (Wildman–Crippen MR) is 82.6 cm³/mol. The van der Waals surface area contributed by atoms with Gasteiger partial charge in [-0.15, -0.1) is 0 Å². The number of hydrogen-bond donors (Lipinski definition) is 0. The summed E-state index contributed by atoms with van der Waals surface area (Å²) in [5.41, 5.74) is 2.13. The van der Waals surface area contributed by atoms with Gasteiger partial charge in [-0.05, 0) is 5.56 Å². The van der Waals surface area contributed by atoms with Crippen LogP contribution in [0.3, 0.4) is 0 Å². The number of benzene rings is 2. The number of rotatable bonds is 6. The maximum atomic E-state index is 12.1. The molecule has 0 saturated heterocycles. The Kier molecular flexibility index (Phi) is 5.22. The van der Waals surface area contributed by atoms with Crippen LogP contribution in [0.2, 0.25) is 0 Å². The molecule has 2 aromatic rings. The molecule has 2 heteroatoms. The van der Waals surface area contributed by atoms with Crippen molar-refractivity contribution in [2.45, 2.75) is 24.3 Å². The van der Waals surface area contributed by atoms with E-state index in [4.69, 9.17) is 0 Å². The topological polar surface area (TPSA) is 17.1 Å². The molecule has 2 rings (SSSR count). The van der Waals surface area contributed by atoms with E-state index in [1.54, 1.807) is 0 Å². The zero-order valence-corrected chi connectivity index (χ0v) is 11.9. The van der Waals surface area contributed by atoms with Crippen LogP contribution in [-0.4, -0.2) is 11.0 Å². The number of carbonyl (C=O) groups excluding carboxylic acids is 1. The van der Waals surface area contributed by atoms with Gasteiger partial charge in [-0.3, -0.25) is 4.79 Å². The fourth-order valence-corrected chi connectivity index (χ4v) is 2.81. The number of thioether (sulfide) groups is 1. The molecule has 0 amide bonds. The van der Waals surface area contributed by atoms with Gasteiger partial charge in [0.15, 0.2) is 5.78 Å². The molecule has 19 heavy (non-hydrogen) atoms. The Hall–Kier alpha value is -1.54. The first kappa shape index (κ1) is 13.9. The minimum atomic E-state index is 0.230. The summed E-state index contributed by atoms with van der Waals surface area (Å²) in [4.78, 5) is 12.1. The third-order valence-electron chi connectivity index (χ3n) is 2.95. The van der Waals surface area contributed by atoms with E-state index < -0.39 is 0 Å². The molecule has 0 aliphatic carbocycles. The molecule has 0 heterocycles. The van der Waals surface area contributed by atoms with Crippen LogP contribution in [0.25, 0.3) is 0 Å². The summed E-state index contributed by atoms with van der Waals surface area (Å²) in [6.07, 6.45) is 0.599. The Morgan fingerprint density at radius 2 is 1.58 bits per heavy atom. The van der Waals surface area contributed by atoms with E-state index in [1.807, 2.05) is 48.2 Å². The molecule has 0 radical (unpaired) electrons. The lowest BCUT2D eigenvalue weighted by molar-refractivity contribution is 0.0983. The molecule has 0 saturated carbocycles. The first-order valence-electron chi connectivity index (χ1n) is 6.49. The summed E-state index contributed by atoms with van der Waals surface area (Å²) in [7, 11) is 0. The number of hydrogen-bond acceptors (Lipinski definition) is 2. The number of ketones is 1. The van der Waals surface area contributed by atoms with Crippen molar-refractivity contribution in [2.24, 2.45) is 0 Å². The highest BCUT2D eigenvalue weighted by atomic mass is 32.2. The highest BCUT2D eigenvalue weighted by molar-refractivity contribution is 7.99. The van der Waals surface area contributed by atoms with E-state index in [9.17, 15) is 4.79 Å². The van der Waals surface area contributed by atoms with E-state index in [0.29, 0.717) is 11.7 Å². The van der Waals surface area contributed by atoms with Gasteiger partial charge >= 0.3 is 0 Å². The molecule has 0 fully saturated rings. The normalized spacial score (nSPS) is 12.1. The fraction of sp³-hybridized carbons (Fsp3) is 0.235. The first-order valence-corrected chi connectivity index (χ1v) is 7.54. The second kappa shape index (κ2) is 7.15. The lowest BCUT2D eigenvalue weighted by Gasteiger charge is -2.10. The van der Waals surface area contributed by atoms with E-state index in [2.05, 4.69) is 31.2 Å². The quantitative estimate of drug-likeness (QED) is 0.715. The van der Waals surface area contributed by atoms with Gasteiger partial charge in [0, 0.05) is 23.0 Å². The van der Waals surface area contributed by atoms with Crippen LogP contribution < -0.4 is 0 Å². The zero-order valence-electron chi connectivity index (χ0n) is 11.1. The lowest BCUT2D eigenvalue weighted by Crippen LogP contribution is -2.07. The van der Waals surface area contributed by atoms with Crippen LogP contribution in [0.4, 0.5) is 0 Å². The van der Waals surface area contributed by atoms with Gasteiger partial charge in [0.2, 0.25) is 0 Å². The van der Waals surface area contributed by atoms with Crippen molar-refractivity contribution in [1.29, 1.82) is 0 Å². The monoisotopic (exact) mass is 270 g/mol. The fourth-order valence-electron chi connectivity index (χ4n) is 1.87. The zero-order chi connectivity index (χ0) is 13.5. The van der Waals surface area contributed by atoms with Crippen LogP contribution >= 0.6 is 11.8 Å². The molecule has 0 aliphatic rings. The Bertz CT molecular complexity index is 507. The van der Waals surface area contributed by atoms with E-state index in [1.165, 1.54) is 5.56 Å². The standard InChI is InChI=1S/C17H18OS/c1-14(19-13-15-8-4-2-5-9-15)12-17(18)16-10-6-3-7-11-16/h2-11,14H,12-13H2,1H3/t14-/m0/s1. The van der Waals surface area contributed by atoms with Gasteiger partial charge in [-0.2, -0.15) is 11.8 Å². The van der Waals surface area contributed by atoms with Crippen molar-refractivity contribution in [3.63, 3.8) is 0 Å². The van der Waals surface area contributed by atoms with Gasteiger partial charge in [-0.25, -0.2) is 0 Å². The smallest absolute Gasteiger partial charge is 0.163 e. The summed E-state index contributed by atoms with van der Waals surface area (Å²) in [6.45, 7) is 2.12. The molecule has 0 aromatic heterocycles. The van der Waals surface area contributed by atoms with Crippen molar-refractivity contribution < 1.29 is 4.79 Å². The van der Waals surface area contributed by atoms with Gasteiger partial charge in [0.05, 0.1) is 0 Å². The van der Waals surface area contributed by atoms with Crippen LogP contribution in [0, 0.1) is 0 Å². The Balaban J connectivity index is 1.81. The molecule has 98 valence electrons. The van der Waals surface area contributed by atoms with Gasteiger partial charge < -0.3 is 0 Å². The summed E-state index contributed by atoms with van der Waals surface area (Å²) < 4.78 is 0. The summed E-state index contributed by atoms with van der Waals surface area (Å²) in [5, 5.41) is 0.341. The average Bonchev–Trinajstić information content (AvgIpc) is 2.47. The predicted octanol–water partition coefficient (Wildman–Crippen LogP) is 4.58. The molecule has 0 unspecified atom stereocenters. The SMILES string of the molecule is C[C@@H](CC(=O)c1ccccc1)SCc1ccccc1. The molecule has 0 spiro atoms. The third-order valence-corrected chi connectivity index (χ3v) is 4.18. The minimum absolute atomic E-state index is 0.230. The van der Waals surface area contributed by atoms with Gasteiger partial charge in [0.1, 0.15) is 0 Å². The average molecular weight is 270 g/mol. The maximum Gasteiger partial charge on any atom is 0.163 e. The molecule has 1 nitrogen and oxygen atoms in total. The molecule has 2 aromatic carbocycles. The molecular formula is C17H18OS. The molecular weight excluding hydrogens is 252 g/mol. The van der Waals surface area contributed by atoms with Gasteiger partial charge in [0.25, 0.3) is 0 Å². The third kappa shape index (κ3) is 4.56. The molecule has 0 N–H and O–H groups in total. The molecule has 1 atom stereocenters. The van der Waals surface area contributed by atoms with E-state index in [-0.39, 0.29) is 5.78 Å². The second-order valence-corrected chi connectivity index (χ2v) is 6.03.